The number of aryl methyl sites for hydroxylation is 1. The summed E-state index contributed by atoms with van der Waals surface area (Å²) in [6, 6.07) is 6.41. The highest BCUT2D eigenvalue weighted by Crippen LogP contribution is 2.38. The van der Waals surface area contributed by atoms with Gasteiger partial charge in [-0.05, 0) is 43.4 Å². The van der Waals surface area contributed by atoms with E-state index in [1.165, 1.54) is 24.0 Å². The molecule has 0 amide bonds. The molecule has 5 nitrogen and oxygen atoms in total. The molecule has 1 aromatic rings. The topological polar surface area (TPSA) is 46.1 Å². The maximum absolute atomic E-state index is 5.62. The summed E-state index contributed by atoms with van der Waals surface area (Å²) in [7, 11) is 3.59. The molecule has 0 radical (unpaired) electrons. The Morgan fingerprint density at radius 3 is 2.92 bits per heavy atom. The summed E-state index contributed by atoms with van der Waals surface area (Å²) in [6.07, 6.45) is 3.35. The molecule has 1 atom stereocenters. The first-order valence-electron chi connectivity index (χ1n) is 8.83. The number of guanidine groups is 1. The molecule has 6 heteroatoms. The van der Waals surface area contributed by atoms with E-state index in [0.717, 1.165) is 51.0 Å². The molecule has 2 saturated heterocycles. The Morgan fingerprint density at radius 1 is 1.40 bits per heavy atom. The second-order valence-corrected chi connectivity index (χ2v) is 7.00. The zero-order valence-corrected chi connectivity index (χ0v) is 17.8. The summed E-state index contributed by atoms with van der Waals surface area (Å²) >= 11 is 0. The van der Waals surface area contributed by atoms with Crippen molar-refractivity contribution in [3.8, 4) is 5.75 Å². The number of benzene rings is 1. The molecule has 0 aromatic heterocycles. The van der Waals surface area contributed by atoms with Crippen LogP contribution >= 0.6 is 24.0 Å². The van der Waals surface area contributed by atoms with E-state index in [2.05, 4.69) is 40.3 Å². The molecular formula is C19H30IN3O2. The molecule has 2 fully saturated rings. The maximum atomic E-state index is 5.62. The number of ether oxygens (including phenoxy) is 2. The van der Waals surface area contributed by atoms with Crippen LogP contribution in [-0.2, 0) is 11.2 Å². The molecule has 1 aromatic carbocycles. The van der Waals surface area contributed by atoms with Gasteiger partial charge in [-0.3, -0.25) is 4.99 Å². The number of halogens is 1. The molecule has 140 valence electrons. The van der Waals surface area contributed by atoms with Gasteiger partial charge in [0, 0.05) is 38.7 Å². The summed E-state index contributed by atoms with van der Waals surface area (Å²) in [4.78, 5) is 6.85. The summed E-state index contributed by atoms with van der Waals surface area (Å²) in [6.45, 7) is 6.89. The fourth-order valence-corrected chi connectivity index (χ4v) is 3.76. The lowest BCUT2D eigenvalue weighted by Gasteiger charge is -2.25. The van der Waals surface area contributed by atoms with Gasteiger partial charge < -0.3 is 19.7 Å². The molecule has 1 spiro atoms. The van der Waals surface area contributed by atoms with E-state index >= 15 is 0 Å². The average Bonchev–Trinajstić information content (AvgIpc) is 3.23. The first-order chi connectivity index (χ1) is 11.7. The van der Waals surface area contributed by atoms with Crippen LogP contribution in [0, 0.1) is 12.3 Å². The normalized spacial score (nSPS) is 23.0. The first kappa shape index (κ1) is 20.3. The fraction of sp³-hybridized carbons (Fsp3) is 0.632. The van der Waals surface area contributed by atoms with Crippen LogP contribution in [-0.4, -0.2) is 57.9 Å². The largest absolute Gasteiger partial charge is 0.496 e. The van der Waals surface area contributed by atoms with Crippen LogP contribution in [0.2, 0.25) is 0 Å². The highest BCUT2D eigenvalue weighted by Gasteiger charge is 2.42. The lowest BCUT2D eigenvalue weighted by atomic mass is 9.87. The lowest BCUT2D eigenvalue weighted by molar-refractivity contribution is 0.156. The number of nitrogens with zero attached hydrogens (tertiary/aromatic N) is 2. The fourth-order valence-electron chi connectivity index (χ4n) is 3.76. The van der Waals surface area contributed by atoms with Crippen molar-refractivity contribution in [2.24, 2.45) is 10.4 Å². The number of hydrogen-bond donors (Lipinski definition) is 1. The van der Waals surface area contributed by atoms with Gasteiger partial charge in [0.2, 0.25) is 0 Å². The van der Waals surface area contributed by atoms with Crippen LogP contribution in [0.5, 0.6) is 5.75 Å². The van der Waals surface area contributed by atoms with Crippen LogP contribution in [0.4, 0.5) is 0 Å². The average molecular weight is 459 g/mol. The molecule has 0 saturated carbocycles. The highest BCUT2D eigenvalue weighted by molar-refractivity contribution is 14.0. The van der Waals surface area contributed by atoms with Gasteiger partial charge >= 0.3 is 0 Å². The molecule has 1 N–H and O–H groups in total. The van der Waals surface area contributed by atoms with Crippen molar-refractivity contribution < 1.29 is 9.47 Å². The van der Waals surface area contributed by atoms with Crippen LogP contribution < -0.4 is 10.1 Å². The number of aliphatic imine (C=N–C) groups is 1. The Bertz CT molecular complexity index is 600. The molecule has 2 aliphatic rings. The van der Waals surface area contributed by atoms with E-state index < -0.39 is 0 Å². The van der Waals surface area contributed by atoms with Crippen LogP contribution in [0.25, 0.3) is 0 Å². The van der Waals surface area contributed by atoms with Gasteiger partial charge in [0.15, 0.2) is 5.96 Å². The third-order valence-electron chi connectivity index (χ3n) is 5.30. The Kier molecular flexibility index (Phi) is 7.37. The Labute approximate surface area is 168 Å². The van der Waals surface area contributed by atoms with E-state index in [9.17, 15) is 0 Å². The number of methoxy groups -OCH3 is 1. The van der Waals surface area contributed by atoms with Crippen LogP contribution in [0.1, 0.15) is 24.0 Å². The van der Waals surface area contributed by atoms with Crippen molar-refractivity contribution in [1.29, 1.82) is 0 Å². The SMILES string of the molecule is CN=C(NCCc1ccc(C)c(OC)c1)N1CCC2(CCOC2)C1.I. The highest BCUT2D eigenvalue weighted by atomic mass is 127. The lowest BCUT2D eigenvalue weighted by Crippen LogP contribution is -2.42. The number of likely N-dealkylation sites (tertiary alicyclic amines) is 1. The predicted molar refractivity (Wildman–Crippen MR) is 112 cm³/mol. The van der Waals surface area contributed by atoms with Crippen molar-refractivity contribution in [3.63, 3.8) is 0 Å². The Hall–Kier alpha value is -1.02. The standard InChI is InChI=1S/C19H29N3O2.HI/c1-15-4-5-16(12-17(15)23-3)6-9-21-18(20-2)22-10-7-19(13-22)8-11-24-14-19;/h4-5,12H,6-11,13-14H2,1-3H3,(H,20,21);1H. The zero-order chi connectivity index (χ0) is 17.0. The third-order valence-corrected chi connectivity index (χ3v) is 5.30. The summed E-state index contributed by atoms with van der Waals surface area (Å²) in [5.74, 6) is 1.97. The predicted octanol–water partition coefficient (Wildman–Crippen LogP) is 2.85. The van der Waals surface area contributed by atoms with Gasteiger partial charge in [-0.25, -0.2) is 0 Å². The van der Waals surface area contributed by atoms with Gasteiger partial charge in [-0.15, -0.1) is 24.0 Å². The third kappa shape index (κ3) is 4.78. The molecule has 2 heterocycles. The summed E-state index contributed by atoms with van der Waals surface area (Å²) in [5.41, 5.74) is 2.82. The molecule has 25 heavy (non-hydrogen) atoms. The molecule has 3 rings (SSSR count). The monoisotopic (exact) mass is 459 g/mol. The molecule has 0 aliphatic carbocycles. The molecule has 0 bridgehead atoms. The van der Waals surface area contributed by atoms with Crippen molar-refractivity contribution in [1.82, 2.24) is 10.2 Å². The minimum atomic E-state index is 0. The van der Waals surface area contributed by atoms with Gasteiger partial charge in [0.1, 0.15) is 5.75 Å². The minimum Gasteiger partial charge on any atom is -0.496 e. The maximum Gasteiger partial charge on any atom is 0.193 e. The Balaban J connectivity index is 0.00000225. The molecular weight excluding hydrogens is 429 g/mol. The van der Waals surface area contributed by atoms with E-state index in [4.69, 9.17) is 9.47 Å². The van der Waals surface area contributed by atoms with Crippen molar-refractivity contribution >= 4 is 29.9 Å². The van der Waals surface area contributed by atoms with Crippen LogP contribution in [0.15, 0.2) is 23.2 Å². The summed E-state index contributed by atoms with van der Waals surface area (Å²) < 4.78 is 11.0. The smallest absolute Gasteiger partial charge is 0.193 e. The quantitative estimate of drug-likeness (QED) is 0.428. The second kappa shape index (κ2) is 9.07. The molecule has 1 unspecified atom stereocenters. The first-order valence-corrected chi connectivity index (χ1v) is 8.83. The number of hydrogen-bond acceptors (Lipinski definition) is 3. The van der Waals surface area contributed by atoms with Crippen molar-refractivity contribution in [2.45, 2.75) is 26.2 Å². The van der Waals surface area contributed by atoms with E-state index in [0.29, 0.717) is 5.41 Å². The van der Waals surface area contributed by atoms with Gasteiger partial charge in [-0.2, -0.15) is 0 Å². The minimum absolute atomic E-state index is 0. The zero-order valence-electron chi connectivity index (χ0n) is 15.5. The van der Waals surface area contributed by atoms with Crippen molar-refractivity contribution in [2.75, 3.05) is 47.0 Å². The van der Waals surface area contributed by atoms with E-state index in [-0.39, 0.29) is 24.0 Å². The van der Waals surface area contributed by atoms with Crippen molar-refractivity contribution in [3.05, 3.63) is 29.3 Å². The summed E-state index contributed by atoms with van der Waals surface area (Å²) in [5, 5.41) is 3.51. The van der Waals surface area contributed by atoms with E-state index in [1.807, 2.05) is 7.05 Å². The van der Waals surface area contributed by atoms with Crippen LogP contribution in [0.3, 0.4) is 0 Å². The number of nitrogens with one attached hydrogen (secondary N) is 1. The van der Waals surface area contributed by atoms with Gasteiger partial charge in [-0.1, -0.05) is 12.1 Å². The van der Waals surface area contributed by atoms with Gasteiger partial charge in [0.05, 0.1) is 13.7 Å². The Morgan fingerprint density at radius 2 is 2.24 bits per heavy atom. The molecule has 2 aliphatic heterocycles. The second-order valence-electron chi connectivity index (χ2n) is 7.00. The van der Waals surface area contributed by atoms with E-state index in [1.54, 1.807) is 7.11 Å². The van der Waals surface area contributed by atoms with Gasteiger partial charge in [0.25, 0.3) is 0 Å². The number of rotatable bonds is 4.